The molecule has 76 valence electrons. The lowest BCUT2D eigenvalue weighted by Gasteiger charge is -2.08. The van der Waals surface area contributed by atoms with Crippen LogP contribution in [0.25, 0.3) is 11.1 Å². The van der Waals surface area contributed by atoms with Gasteiger partial charge in [-0.25, -0.2) is 0 Å². The molecule has 2 heteroatoms. The van der Waals surface area contributed by atoms with Crippen LogP contribution in [0.3, 0.4) is 0 Å². The van der Waals surface area contributed by atoms with Crippen LogP contribution in [-0.2, 0) is 0 Å². The molecule has 0 aliphatic heterocycles. The SMILES string of the molecule is Cc1cc(N)ccc1-c1cccnc1C. The lowest BCUT2D eigenvalue weighted by atomic mass is 9.99. The van der Waals surface area contributed by atoms with E-state index in [4.69, 9.17) is 5.73 Å². The highest BCUT2D eigenvalue weighted by Crippen LogP contribution is 2.26. The Labute approximate surface area is 89.8 Å². The Morgan fingerprint density at radius 2 is 1.87 bits per heavy atom. The zero-order chi connectivity index (χ0) is 10.8. The van der Waals surface area contributed by atoms with E-state index < -0.39 is 0 Å². The van der Waals surface area contributed by atoms with E-state index in [0.717, 1.165) is 11.4 Å². The summed E-state index contributed by atoms with van der Waals surface area (Å²) in [5.41, 5.74) is 11.1. The first kappa shape index (κ1) is 9.71. The lowest BCUT2D eigenvalue weighted by Crippen LogP contribution is -1.91. The van der Waals surface area contributed by atoms with Crippen molar-refractivity contribution in [2.75, 3.05) is 5.73 Å². The molecular formula is C13H14N2. The third-order valence-corrected chi connectivity index (χ3v) is 2.55. The maximum absolute atomic E-state index is 5.73. The molecule has 0 fully saturated rings. The molecule has 0 saturated heterocycles. The Kier molecular flexibility index (Phi) is 2.42. The largest absolute Gasteiger partial charge is 0.399 e. The number of rotatable bonds is 1. The summed E-state index contributed by atoms with van der Waals surface area (Å²) in [6, 6.07) is 10.0. The first-order valence-electron chi connectivity index (χ1n) is 4.96. The van der Waals surface area contributed by atoms with Crippen LogP contribution in [0.1, 0.15) is 11.3 Å². The molecule has 0 spiro atoms. The molecule has 1 aromatic carbocycles. The quantitative estimate of drug-likeness (QED) is 0.715. The van der Waals surface area contributed by atoms with Gasteiger partial charge in [-0.05, 0) is 43.2 Å². The summed E-state index contributed by atoms with van der Waals surface area (Å²) in [6.45, 7) is 4.09. The number of benzene rings is 1. The third-order valence-electron chi connectivity index (χ3n) is 2.55. The van der Waals surface area contributed by atoms with E-state index in [-0.39, 0.29) is 0 Å². The summed E-state index contributed by atoms with van der Waals surface area (Å²) in [7, 11) is 0. The summed E-state index contributed by atoms with van der Waals surface area (Å²) in [4.78, 5) is 4.29. The normalized spacial score (nSPS) is 10.3. The second-order valence-corrected chi connectivity index (χ2v) is 3.71. The van der Waals surface area contributed by atoms with Gasteiger partial charge in [0.2, 0.25) is 0 Å². The van der Waals surface area contributed by atoms with Gasteiger partial charge >= 0.3 is 0 Å². The van der Waals surface area contributed by atoms with Crippen LogP contribution >= 0.6 is 0 Å². The van der Waals surface area contributed by atoms with Gasteiger partial charge in [-0.15, -0.1) is 0 Å². The molecule has 0 saturated carbocycles. The monoisotopic (exact) mass is 198 g/mol. The number of nitrogen functional groups attached to an aromatic ring is 1. The predicted octanol–water partition coefficient (Wildman–Crippen LogP) is 2.95. The molecule has 0 aliphatic rings. The van der Waals surface area contributed by atoms with E-state index >= 15 is 0 Å². The number of aryl methyl sites for hydroxylation is 2. The van der Waals surface area contributed by atoms with Crippen LogP contribution in [0, 0.1) is 13.8 Å². The van der Waals surface area contributed by atoms with Gasteiger partial charge in [-0.2, -0.15) is 0 Å². The molecule has 15 heavy (non-hydrogen) atoms. The first-order valence-corrected chi connectivity index (χ1v) is 4.96. The fourth-order valence-corrected chi connectivity index (χ4v) is 1.76. The van der Waals surface area contributed by atoms with Gasteiger partial charge in [0.05, 0.1) is 0 Å². The van der Waals surface area contributed by atoms with Crippen molar-refractivity contribution in [3.8, 4) is 11.1 Å². The van der Waals surface area contributed by atoms with Crippen LogP contribution < -0.4 is 5.73 Å². The average Bonchev–Trinajstić information content (AvgIpc) is 2.20. The molecule has 0 aliphatic carbocycles. The Balaban J connectivity index is 2.60. The van der Waals surface area contributed by atoms with Crippen molar-refractivity contribution in [1.82, 2.24) is 4.98 Å². The van der Waals surface area contributed by atoms with E-state index in [2.05, 4.69) is 24.0 Å². The van der Waals surface area contributed by atoms with E-state index in [0.29, 0.717) is 0 Å². The average molecular weight is 198 g/mol. The number of aromatic nitrogens is 1. The summed E-state index contributed by atoms with van der Waals surface area (Å²) < 4.78 is 0. The summed E-state index contributed by atoms with van der Waals surface area (Å²) in [6.07, 6.45) is 1.81. The van der Waals surface area contributed by atoms with Crippen molar-refractivity contribution in [1.29, 1.82) is 0 Å². The maximum atomic E-state index is 5.73. The Bertz CT molecular complexity index is 490. The summed E-state index contributed by atoms with van der Waals surface area (Å²) in [5.74, 6) is 0. The minimum Gasteiger partial charge on any atom is -0.399 e. The van der Waals surface area contributed by atoms with E-state index in [1.165, 1.54) is 16.7 Å². The number of anilines is 1. The van der Waals surface area contributed by atoms with Crippen molar-refractivity contribution < 1.29 is 0 Å². The molecule has 0 amide bonds. The second kappa shape index (κ2) is 3.73. The van der Waals surface area contributed by atoms with Crippen molar-refractivity contribution in [2.45, 2.75) is 13.8 Å². The molecule has 1 heterocycles. The fourth-order valence-electron chi connectivity index (χ4n) is 1.76. The lowest BCUT2D eigenvalue weighted by molar-refractivity contribution is 1.20. The van der Waals surface area contributed by atoms with Gasteiger partial charge < -0.3 is 5.73 Å². The molecule has 2 nitrogen and oxygen atoms in total. The Morgan fingerprint density at radius 1 is 1.07 bits per heavy atom. The van der Waals surface area contributed by atoms with Crippen molar-refractivity contribution in [2.24, 2.45) is 0 Å². The van der Waals surface area contributed by atoms with Crippen LogP contribution in [0.5, 0.6) is 0 Å². The standard InChI is InChI=1S/C13H14N2/c1-9-8-11(14)5-6-12(9)13-4-3-7-15-10(13)2/h3-8H,14H2,1-2H3. The molecule has 2 rings (SSSR count). The van der Waals surface area contributed by atoms with Crippen LogP contribution in [0.15, 0.2) is 36.5 Å². The smallest absolute Gasteiger partial charge is 0.0451 e. The zero-order valence-electron chi connectivity index (χ0n) is 8.99. The summed E-state index contributed by atoms with van der Waals surface area (Å²) in [5, 5.41) is 0. The van der Waals surface area contributed by atoms with Crippen LogP contribution in [0.2, 0.25) is 0 Å². The zero-order valence-corrected chi connectivity index (χ0v) is 8.99. The van der Waals surface area contributed by atoms with Gasteiger partial charge in [0, 0.05) is 23.1 Å². The topological polar surface area (TPSA) is 38.9 Å². The number of nitrogens with zero attached hydrogens (tertiary/aromatic N) is 1. The van der Waals surface area contributed by atoms with Gasteiger partial charge in [0.15, 0.2) is 0 Å². The van der Waals surface area contributed by atoms with Crippen molar-refractivity contribution in [3.05, 3.63) is 47.8 Å². The highest BCUT2D eigenvalue weighted by Gasteiger charge is 2.04. The molecule has 2 aromatic rings. The van der Waals surface area contributed by atoms with Crippen molar-refractivity contribution >= 4 is 5.69 Å². The fraction of sp³-hybridized carbons (Fsp3) is 0.154. The minimum absolute atomic E-state index is 0.804. The molecule has 0 bridgehead atoms. The highest BCUT2D eigenvalue weighted by atomic mass is 14.7. The van der Waals surface area contributed by atoms with Crippen molar-refractivity contribution in [3.63, 3.8) is 0 Å². The number of hydrogen-bond donors (Lipinski definition) is 1. The molecule has 0 radical (unpaired) electrons. The summed E-state index contributed by atoms with van der Waals surface area (Å²) >= 11 is 0. The number of nitrogens with two attached hydrogens (primary N) is 1. The second-order valence-electron chi connectivity index (χ2n) is 3.71. The first-order chi connectivity index (χ1) is 7.18. The number of hydrogen-bond acceptors (Lipinski definition) is 2. The van der Waals surface area contributed by atoms with Crippen LogP contribution in [0.4, 0.5) is 5.69 Å². The molecule has 0 unspecified atom stereocenters. The Hall–Kier alpha value is -1.83. The molecular weight excluding hydrogens is 184 g/mol. The van der Waals surface area contributed by atoms with Gasteiger partial charge in [-0.1, -0.05) is 12.1 Å². The van der Waals surface area contributed by atoms with Crippen LogP contribution in [-0.4, -0.2) is 4.98 Å². The van der Waals surface area contributed by atoms with E-state index in [1.54, 1.807) is 0 Å². The minimum atomic E-state index is 0.804. The molecule has 0 atom stereocenters. The molecule has 1 aromatic heterocycles. The molecule has 2 N–H and O–H groups in total. The highest BCUT2D eigenvalue weighted by molar-refractivity contribution is 5.71. The van der Waals surface area contributed by atoms with Gasteiger partial charge in [-0.3, -0.25) is 4.98 Å². The van der Waals surface area contributed by atoms with Gasteiger partial charge in [0.1, 0.15) is 0 Å². The third kappa shape index (κ3) is 1.84. The predicted molar refractivity (Wildman–Crippen MR) is 63.6 cm³/mol. The van der Waals surface area contributed by atoms with E-state index in [9.17, 15) is 0 Å². The van der Waals surface area contributed by atoms with Gasteiger partial charge in [0.25, 0.3) is 0 Å². The Morgan fingerprint density at radius 3 is 2.53 bits per heavy atom. The number of pyridine rings is 1. The van der Waals surface area contributed by atoms with E-state index in [1.807, 2.05) is 31.3 Å². The maximum Gasteiger partial charge on any atom is 0.0451 e.